The Labute approximate surface area is 94.4 Å². The summed E-state index contributed by atoms with van der Waals surface area (Å²) in [5.74, 6) is 1.43. The number of nitrogens with two attached hydrogens (primary N) is 1. The summed E-state index contributed by atoms with van der Waals surface area (Å²) in [4.78, 5) is 15.8. The number of oxazole rings is 1. The van der Waals surface area contributed by atoms with Crippen molar-refractivity contribution < 1.29 is 9.21 Å². The zero-order chi connectivity index (χ0) is 11.5. The van der Waals surface area contributed by atoms with E-state index >= 15 is 0 Å². The summed E-state index contributed by atoms with van der Waals surface area (Å²) in [6.45, 7) is 2.19. The van der Waals surface area contributed by atoms with Crippen LogP contribution in [0, 0.1) is 12.8 Å². The van der Waals surface area contributed by atoms with Crippen molar-refractivity contribution in [1.29, 1.82) is 0 Å². The van der Waals surface area contributed by atoms with Gasteiger partial charge in [0.1, 0.15) is 5.76 Å². The van der Waals surface area contributed by atoms with E-state index in [4.69, 9.17) is 10.2 Å². The van der Waals surface area contributed by atoms with Gasteiger partial charge in [0.05, 0.1) is 12.7 Å². The van der Waals surface area contributed by atoms with Crippen molar-refractivity contribution in [2.75, 3.05) is 0 Å². The summed E-state index contributed by atoms with van der Waals surface area (Å²) in [7, 11) is 0. The number of rotatable bonds is 3. The summed E-state index contributed by atoms with van der Waals surface area (Å²) in [6.07, 6.45) is 4.26. The monoisotopic (exact) mass is 223 g/mol. The van der Waals surface area contributed by atoms with Crippen LogP contribution in [-0.4, -0.2) is 16.9 Å². The predicted octanol–water partition coefficient (Wildman–Crippen LogP) is 0.727. The molecule has 0 spiro atoms. The zero-order valence-electron chi connectivity index (χ0n) is 9.40. The van der Waals surface area contributed by atoms with E-state index in [0.717, 1.165) is 25.0 Å². The molecule has 0 aliphatic heterocycles. The number of nitrogens with zero attached hydrogens (tertiary/aromatic N) is 1. The highest BCUT2D eigenvalue weighted by molar-refractivity contribution is 5.78. The third kappa shape index (κ3) is 2.61. The average molecular weight is 223 g/mol. The fourth-order valence-electron chi connectivity index (χ4n) is 2.04. The SMILES string of the molecule is Cc1cnc(CNC(=O)C2CCC(N)C2)o1. The van der Waals surface area contributed by atoms with Gasteiger partial charge in [-0.25, -0.2) is 4.98 Å². The first-order chi connectivity index (χ1) is 7.65. The van der Waals surface area contributed by atoms with Gasteiger partial charge in [0.2, 0.25) is 11.8 Å². The lowest BCUT2D eigenvalue weighted by Crippen LogP contribution is -2.30. The topological polar surface area (TPSA) is 81.2 Å². The fraction of sp³-hybridized carbons (Fsp3) is 0.636. The maximum atomic E-state index is 11.7. The molecule has 0 saturated heterocycles. The molecule has 2 atom stereocenters. The Balaban J connectivity index is 1.80. The molecule has 1 heterocycles. The Morgan fingerprint density at radius 3 is 3.06 bits per heavy atom. The first-order valence-corrected chi connectivity index (χ1v) is 5.59. The third-order valence-corrected chi connectivity index (χ3v) is 2.93. The highest BCUT2D eigenvalue weighted by Gasteiger charge is 2.27. The van der Waals surface area contributed by atoms with Crippen LogP contribution in [0.2, 0.25) is 0 Å². The van der Waals surface area contributed by atoms with Crippen LogP contribution < -0.4 is 11.1 Å². The number of carbonyl (C=O) groups is 1. The maximum absolute atomic E-state index is 11.7. The molecule has 1 amide bonds. The van der Waals surface area contributed by atoms with Crippen LogP contribution in [-0.2, 0) is 11.3 Å². The second-order valence-corrected chi connectivity index (χ2v) is 4.35. The van der Waals surface area contributed by atoms with Crippen molar-refractivity contribution in [2.45, 2.75) is 38.8 Å². The molecule has 2 rings (SSSR count). The second-order valence-electron chi connectivity index (χ2n) is 4.35. The quantitative estimate of drug-likeness (QED) is 0.791. The number of hydrogen-bond donors (Lipinski definition) is 2. The molecule has 1 aromatic heterocycles. The first kappa shape index (κ1) is 11.1. The van der Waals surface area contributed by atoms with Gasteiger partial charge >= 0.3 is 0 Å². The Morgan fingerprint density at radius 1 is 1.69 bits per heavy atom. The van der Waals surface area contributed by atoms with Gasteiger partial charge in [0.15, 0.2) is 0 Å². The van der Waals surface area contributed by atoms with Crippen LogP contribution >= 0.6 is 0 Å². The smallest absolute Gasteiger partial charge is 0.223 e. The van der Waals surface area contributed by atoms with Gasteiger partial charge in [-0.05, 0) is 26.2 Å². The molecule has 0 bridgehead atoms. The average Bonchev–Trinajstić information content (AvgIpc) is 2.84. The lowest BCUT2D eigenvalue weighted by molar-refractivity contribution is -0.125. The van der Waals surface area contributed by atoms with Crippen LogP contribution in [0.25, 0.3) is 0 Å². The van der Waals surface area contributed by atoms with Gasteiger partial charge < -0.3 is 15.5 Å². The molecular formula is C11H17N3O2. The van der Waals surface area contributed by atoms with E-state index in [9.17, 15) is 4.79 Å². The van der Waals surface area contributed by atoms with Crippen LogP contribution in [0.4, 0.5) is 0 Å². The molecule has 1 saturated carbocycles. The van der Waals surface area contributed by atoms with E-state index in [-0.39, 0.29) is 17.9 Å². The van der Waals surface area contributed by atoms with Gasteiger partial charge in [-0.2, -0.15) is 0 Å². The Hall–Kier alpha value is -1.36. The van der Waals surface area contributed by atoms with Crippen LogP contribution in [0.3, 0.4) is 0 Å². The van der Waals surface area contributed by atoms with Crippen molar-refractivity contribution in [3.05, 3.63) is 17.8 Å². The normalized spacial score (nSPS) is 24.6. The summed E-state index contributed by atoms with van der Waals surface area (Å²) in [5, 5.41) is 2.82. The predicted molar refractivity (Wildman–Crippen MR) is 58.4 cm³/mol. The molecule has 0 radical (unpaired) electrons. The Bertz CT molecular complexity index is 375. The number of aryl methyl sites for hydroxylation is 1. The molecule has 88 valence electrons. The number of nitrogens with one attached hydrogen (secondary N) is 1. The molecule has 1 fully saturated rings. The second kappa shape index (κ2) is 4.65. The van der Waals surface area contributed by atoms with Crippen molar-refractivity contribution in [1.82, 2.24) is 10.3 Å². The number of hydrogen-bond acceptors (Lipinski definition) is 4. The van der Waals surface area contributed by atoms with Gasteiger partial charge in [0, 0.05) is 12.0 Å². The molecule has 1 aromatic rings. The van der Waals surface area contributed by atoms with Gasteiger partial charge in [-0.1, -0.05) is 0 Å². The minimum atomic E-state index is 0.0591. The van der Waals surface area contributed by atoms with Gasteiger partial charge in [-0.3, -0.25) is 4.79 Å². The highest BCUT2D eigenvalue weighted by atomic mass is 16.4. The molecule has 1 aliphatic carbocycles. The van der Waals surface area contributed by atoms with E-state index in [2.05, 4.69) is 10.3 Å². The van der Waals surface area contributed by atoms with E-state index < -0.39 is 0 Å². The molecule has 3 N–H and O–H groups in total. The molecule has 5 nitrogen and oxygen atoms in total. The molecule has 1 aliphatic rings. The molecule has 5 heteroatoms. The maximum Gasteiger partial charge on any atom is 0.223 e. The van der Waals surface area contributed by atoms with Gasteiger partial charge in [0.25, 0.3) is 0 Å². The summed E-state index contributed by atoms with van der Waals surface area (Å²) in [6, 6.07) is 0.180. The summed E-state index contributed by atoms with van der Waals surface area (Å²) in [5.41, 5.74) is 5.76. The van der Waals surface area contributed by atoms with Gasteiger partial charge in [-0.15, -0.1) is 0 Å². The zero-order valence-corrected chi connectivity index (χ0v) is 9.40. The Morgan fingerprint density at radius 2 is 2.50 bits per heavy atom. The number of amides is 1. The van der Waals surface area contributed by atoms with Crippen molar-refractivity contribution in [2.24, 2.45) is 11.7 Å². The minimum absolute atomic E-state index is 0.0591. The lowest BCUT2D eigenvalue weighted by atomic mass is 10.1. The number of aromatic nitrogens is 1. The summed E-state index contributed by atoms with van der Waals surface area (Å²) < 4.78 is 5.27. The van der Waals surface area contributed by atoms with E-state index in [1.165, 1.54) is 0 Å². The standard InChI is InChI=1S/C11H17N3O2/c1-7-5-13-10(16-7)6-14-11(15)8-2-3-9(12)4-8/h5,8-9H,2-4,6,12H2,1H3,(H,14,15). The van der Waals surface area contributed by atoms with Crippen molar-refractivity contribution in [3.63, 3.8) is 0 Å². The van der Waals surface area contributed by atoms with Crippen molar-refractivity contribution >= 4 is 5.91 Å². The van der Waals surface area contributed by atoms with E-state index in [0.29, 0.717) is 12.4 Å². The molecule has 16 heavy (non-hydrogen) atoms. The summed E-state index contributed by atoms with van der Waals surface area (Å²) >= 11 is 0. The van der Waals surface area contributed by atoms with Crippen molar-refractivity contribution in [3.8, 4) is 0 Å². The molecular weight excluding hydrogens is 206 g/mol. The fourth-order valence-corrected chi connectivity index (χ4v) is 2.04. The number of carbonyl (C=O) groups excluding carboxylic acids is 1. The largest absolute Gasteiger partial charge is 0.444 e. The third-order valence-electron chi connectivity index (χ3n) is 2.93. The Kier molecular flexibility index (Phi) is 3.24. The van der Waals surface area contributed by atoms with E-state index in [1.54, 1.807) is 6.20 Å². The first-order valence-electron chi connectivity index (χ1n) is 5.59. The van der Waals surface area contributed by atoms with Crippen LogP contribution in [0.5, 0.6) is 0 Å². The minimum Gasteiger partial charge on any atom is -0.444 e. The van der Waals surface area contributed by atoms with Crippen LogP contribution in [0.15, 0.2) is 10.6 Å². The molecule has 2 unspecified atom stereocenters. The highest BCUT2D eigenvalue weighted by Crippen LogP contribution is 2.24. The van der Waals surface area contributed by atoms with Crippen LogP contribution in [0.1, 0.15) is 30.9 Å². The molecule has 0 aromatic carbocycles. The van der Waals surface area contributed by atoms with E-state index in [1.807, 2.05) is 6.92 Å². The lowest BCUT2D eigenvalue weighted by Gasteiger charge is -2.08.